The van der Waals surface area contributed by atoms with Gasteiger partial charge in [-0.05, 0) is 20.8 Å². The number of hydrogen-bond donors (Lipinski definition) is 1. The Morgan fingerprint density at radius 3 is 2.86 bits per heavy atom. The van der Waals surface area contributed by atoms with Crippen molar-refractivity contribution in [1.29, 1.82) is 0 Å². The van der Waals surface area contributed by atoms with E-state index in [2.05, 4.69) is 15.3 Å². The first kappa shape index (κ1) is 8.93. The van der Waals surface area contributed by atoms with E-state index >= 15 is 0 Å². The van der Waals surface area contributed by atoms with Crippen molar-refractivity contribution in [3.8, 4) is 0 Å². The average Bonchev–Trinajstić information content (AvgIpc) is 2.45. The molecule has 0 fully saturated rings. The normalized spacial score (nSPS) is 11.4. The number of nitrogens with one attached hydrogen (secondary N) is 1. The van der Waals surface area contributed by atoms with Gasteiger partial charge in [0.1, 0.15) is 0 Å². The first-order valence-corrected chi connectivity index (χ1v) is 4.53. The second-order valence-corrected chi connectivity index (χ2v) is 3.58. The number of fused-ring (bicyclic) bond motifs is 1. The third-order valence-corrected chi connectivity index (χ3v) is 2.17. The number of H-pyrrole nitrogens is 1. The highest BCUT2D eigenvalue weighted by Gasteiger charge is 2.12. The zero-order valence-corrected chi connectivity index (χ0v) is 8.40. The van der Waals surface area contributed by atoms with E-state index in [1.165, 1.54) is 6.20 Å². The van der Waals surface area contributed by atoms with E-state index in [-0.39, 0.29) is 11.5 Å². The number of aromatic amines is 1. The summed E-state index contributed by atoms with van der Waals surface area (Å²) in [4.78, 5) is 11.5. The van der Waals surface area contributed by atoms with Gasteiger partial charge in [-0.3, -0.25) is 9.89 Å². The molecule has 2 heterocycles. The van der Waals surface area contributed by atoms with Gasteiger partial charge in [0.25, 0.3) is 0 Å². The van der Waals surface area contributed by atoms with Gasteiger partial charge in [-0.1, -0.05) is 0 Å². The van der Waals surface area contributed by atoms with Crippen molar-refractivity contribution in [2.75, 3.05) is 0 Å². The van der Waals surface area contributed by atoms with Gasteiger partial charge in [0.2, 0.25) is 5.43 Å². The topological polar surface area (TPSA) is 63.6 Å². The summed E-state index contributed by atoms with van der Waals surface area (Å²) in [6, 6.07) is 0.214. The number of hydrogen-bond acceptors (Lipinski definition) is 3. The first-order chi connectivity index (χ1) is 6.61. The van der Waals surface area contributed by atoms with Crippen LogP contribution in [0.2, 0.25) is 0 Å². The Kier molecular flexibility index (Phi) is 1.87. The predicted octanol–water partition coefficient (Wildman–Crippen LogP) is 1.01. The molecular formula is C9H12N4O. The third kappa shape index (κ3) is 1.13. The summed E-state index contributed by atoms with van der Waals surface area (Å²) in [5, 5.41) is 11.5. The molecule has 74 valence electrons. The lowest BCUT2D eigenvalue weighted by molar-refractivity contribution is 0.541. The van der Waals surface area contributed by atoms with E-state index < -0.39 is 0 Å². The standard InChI is InChI=1S/C9H12N4O/c1-5(2)13-9-8(6(3)12-13)7(14)4-10-11-9/h4-5H,1-3H3,(H,11,14). The Hall–Kier alpha value is -1.65. The highest BCUT2D eigenvalue weighted by atomic mass is 16.1. The van der Waals surface area contributed by atoms with Crippen LogP contribution in [0, 0.1) is 6.92 Å². The number of rotatable bonds is 1. The Bertz CT molecular complexity index is 523. The highest BCUT2D eigenvalue weighted by molar-refractivity contribution is 5.77. The van der Waals surface area contributed by atoms with Crippen LogP contribution in [0.25, 0.3) is 11.0 Å². The Balaban J connectivity index is 2.91. The molecule has 0 aromatic carbocycles. The SMILES string of the molecule is Cc1nn(C(C)C)c2[nH]ncc(=O)c12. The van der Waals surface area contributed by atoms with Crippen LogP contribution in [-0.4, -0.2) is 20.0 Å². The van der Waals surface area contributed by atoms with E-state index in [1.807, 2.05) is 20.8 Å². The quantitative estimate of drug-likeness (QED) is 0.733. The summed E-state index contributed by atoms with van der Waals surface area (Å²) in [5.41, 5.74) is 1.37. The molecule has 0 aliphatic carbocycles. The fourth-order valence-corrected chi connectivity index (χ4v) is 1.54. The summed E-state index contributed by atoms with van der Waals surface area (Å²) in [5.74, 6) is 0. The van der Waals surface area contributed by atoms with Gasteiger partial charge >= 0.3 is 0 Å². The van der Waals surface area contributed by atoms with Gasteiger partial charge in [-0.2, -0.15) is 10.2 Å². The Labute approximate surface area is 80.7 Å². The molecule has 5 heteroatoms. The Morgan fingerprint density at radius 2 is 2.21 bits per heavy atom. The van der Waals surface area contributed by atoms with Gasteiger partial charge in [-0.15, -0.1) is 0 Å². The third-order valence-electron chi connectivity index (χ3n) is 2.17. The number of nitrogens with zero attached hydrogens (tertiary/aromatic N) is 3. The molecule has 0 saturated heterocycles. The Morgan fingerprint density at radius 1 is 1.50 bits per heavy atom. The second-order valence-electron chi connectivity index (χ2n) is 3.58. The summed E-state index contributed by atoms with van der Waals surface area (Å²) in [6.45, 7) is 5.85. The summed E-state index contributed by atoms with van der Waals surface area (Å²) in [7, 11) is 0. The van der Waals surface area contributed by atoms with Crippen LogP contribution in [0.15, 0.2) is 11.0 Å². The first-order valence-electron chi connectivity index (χ1n) is 4.53. The summed E-state index contributed by atoms with van der Waals surface area (Å²) < 4.78 is 1.78. The van der Waals surface area contributed by atoms with Crippen molar-refractivity contribution < 1.29 is 0 Å². The molecule has 0 aliphatic rings. The van der Waals surface area contributed by atoms with Gasteiger partial charge in [0.05, 0.1) is 17.3 Å². The lowest BCUT2D eigenvalue weighted by Crippen LogP contribution is -2.07. The number of aryl methyl sites for hydroxylation is 1. The van der Waals surface area contributed by atoms with Crippen molar-refractivity contribution in [3.63, 3.8) is 0 Å². The summed E-state index contributed by atoms with van der Waals surface area (Å²) >= 11 is 0. The van der Waals surface area contributed by atoms with Crippen molar-refractivity contribution in [1.82, 2.24) is 20.0 Å². The molecule has 0 spiro atoms. The molecule has 5 nitrogen and oxygen atoms in total. The van der Waals surface area contributed by atoms with Crippen LogP contribution in [0.4, 0.5) is 0 Å². The minimum Gasteiger partial charge on any atom is -0.287 e. The fraction of sp³-hybridized carbons (Fsp3) is 0.444. The van der Waals surface area contributed by atoms with Crippen molar-refractivity contribution in [2.24, 2.45) is 0 Å². The van der Waals surface area contributed by atoms with Crippen molar-refractivity contribution in [3.05, 3.63) is 22.1 Å². The molecule has 2 aromatic heterocycles. The van der Waals surface area contributed by atoms with E-state index in [1.54, 1.807) is 4.68 Å². The van der Waals surface area contributed by atoms with Crippen LogP contribution in [0.5, 0.6) is 0 Å². The molecular weight excluding hydrogens is 180 g/mol. The average molecular weight is 192 g/mol. The second kappa shape index (κ2) is 2.94. The zero-order chi connectivity index (χ0) is 10.3. The zero-order valence-electron chi connectivity index (χ0n) is 8.40. The van der Waals surface area contributed by atoms with Crippen LogP contribution in [0.1, 0.15) is 25.6 Å². The molecule has 0 bridgehead atoms. The maximum Gasteiger partial charge on any atom is 0.211 e. The van der Waals surface area contributed by atoms with E-state index in [9.17, 15) is 4.79 Å². The molecule has 2 rings (SSSR count). The molecule has 0 radical (unpaired) electrons. The fourth-order valence-electron chi connectivity index (χ4n) is 1.54. The van der Waals surface area contributed by atoms with E-state index in [4.69, 9.17) is 0 Å². The predicted molar refractivity (Wildman–Crippen MR) is 53.3 cm³/mol. The molecule has 0 aliphatic heterocycles. The van der Waals surface area contributed by atoms with E-state index in [0.29, 0.717) is 11.0 Å². The molecule has 14 heavy (non-hydrogen) atoms. The van der Waals surface area contributed by atoms with Gasteiger partial charge in [0, 0.05) is 6.04 Å². The largest absolute Gasteiger partial charge is 0.287 e. The molecule has 0 unspecified atom stereocenters. The van der Waals surface area contributed by atoms with Crippen LogP contribution in [0.3, 0.4) is 0 Å². The van der Waals surface area contributed by atoms with Crippen molar-refractivity contribution in [2.45, 2.75) is 26.8 Å². The van der Waals surface area contributed by atoms with E-state index in [0.717, 1.165) is 5.69 Å². The number of aromatic nitrogens is 4. The summed E-state index contributed by atoms with van der Waals surface area (Å²) in [6.07, 6.45) is 1.28. The minimum atomic E-state index is -0.0804. The molecule has 0 amide bonds. The van der Waals surface area contributed by atoms with Gasteiger partial charge in [0.15, 0.2) is 5.65 Å². The van der Waals surface area contributed by atoms with Crippen LogP contribution >= 0.6 is 0 Å². The molecule has 0 atom stereocenters. The maximum atomic E-state index is 11.5. The highest BCUT2D eigenvalue weighted by Crippen LogP contribution is 2.14. The lowest BCUT2D eigenvalue weighted by atomic mass is 10.3. The monoisotopic (exact) mass is 192 g/mol. The van der Waals surface area contributed by atoms with Crippen LogP contribution in [-0.2, 0) is 0 Å². The smallest absolute Gasteiger partial charge is 0.211 e. The van der Waals surface area contributed by atoms with Crippen molar-refractivity contribution >= 4 is 11.0 Å². The molecule has 2 aromatic rings. The maximum absolute atomic E-state index is 11.5. The molecule has 1 N–H and O–H groups in total. The lowest BCUT2D eigenvalue weighted by Gasteiger charge is -2.05. The van der Waals surface area contributed by atoms with Gasteiger partial charge < -0.3 is 0 Å². The minimum absolute atomic E-state index is 0.0804. The van der Waals surface area contributed by atoms with Crippen LogP contribution < -0.4 is 5.43 Å². The van der Waals surface area contributed by atoms with Gasteiger partial charge in [-0.25, -0.2) is 4.68 Å². The molecule has 0 saturated carbocycles.